The van der Waals surface area contributed by atoms with Crippen LogP contribution in [0.25, 0.3) is 6.08 Å². The summed E-state index contributed by atoms with van der Waals surface area (Å²) in [6, 6.07) is 2.34. The van der Waals surface area contributed by atoms with Gasteiger partial charge < -0.3 is 4.90 Å². The number of pyridine rings is 1. The van der Waals surface area contributed by atoms with E-state index in [1.807, 2.05) is 17.9 Å². The summed E-state index contributed by atoms with van der Waals surface area (Å²) in [6.07, 6.45) is 10.3. The summed E-state index contributed by atoms with van der Waals surface area (Å²) < 4.78 is 2.42. The first-order valence-electron chi connectivity index (χ1n) is 13.5. The molecule has 1 saturated carbocycles. The van der Waals surface area contributed by atoms with Crippen LogP contribution in [0.15, 0.2) is 9.70 Å². The third-order valence-corrected chi connectivity index (χ3v) is 9.12. The first-order chi connectivity index (χ1) is 17.3. The second kappa shape index (κ2) is 11.5. The number of piperidine rings is 1. The van der Waals surface area contributed by atoms with Gasteiger partial charge in [-0.15, -0.1) is 0 Å². The number of thiocarbonyl (C=S) groups is 1. The average Bonchev–Trinajstić information content (AvgIpc) is 3.12. The number of thioether (sulfide) groups is 1. The van der Waals surface area contributed by atoms with Crippen molar-refractivity contribution in [3.05, 3.63) is 31.9 Å². The molecule has 1 aromatic heterocycles. The molecule has 4 rings (SSSR count). The summed E-state index contributed by atoms with van der Waals surface area (Å²) in [5.74, 6) is 1.81. The molecule has 2 saturated heterocycles. The number of hydrogen-bond acceptors (Lipinski definition) is 6. The number of rotatable bonds is 6. The van der Waals surface area contributed by atoms with Gasteiger partial charge in [-0.1, -0.05) is 70.4 Å². The largest absolute Gasteiger partial charge is 0.357 e. The van der Waals surface area contributed by atoms with E-state index in [-0.39, 0.29) is 23.1 Å². The van der Waals surface area contributed by atoms with E-state index in [1.54, 1.807) is 4.57 Å². The van der Waals surface area contributed by atoms with E-state index in [2.05, 4.69) is 31.7 Å². The number of aromatic nitrogens is 1. The van der Waals surface area contributed by atoms with Gasteiger partial charge in [0.1, 0.15) is 21.8 Å². The number of carbonyl (C=O) groups excluding carboxylic acids is 1. The van der Waals surface area contributed by atoms with Crippen molar-refractivity contribution in [3.8, 4) is 6.07 Å². The zero-order valence-electron chi connectivity index (χ0n) is 22.0. The minimum atomic E-state index is -0.226. The molecule has 0 radical (unpaired) electrons. The molecule has 0 aromatic carbocycles. The molecule has 0 bridgehead atoms. The molecule has 6 nitrogen and oxygen atoms in total. The Bertz CT molecular complexity index is 1150. The van der Waals surface area contributed by atoms with Crippen molar-refractivity contribution in [1.82, 2.24) is 9.47 Å². The molecule has 1 aromatic rings. The van der Waals surface area contributed by atoms with Crippen LogP contribution in [0.5, 0.6) is 0 Å². The van der Waals surface area contributed by atoms with Crippen LogP contribution >= 0.6 is 24.0 Å². The van der Waals surface area contributed by atoms with Gasteiger partial charge in [0.05, 0.1) is 4.91 Å². The zero-order valence-corrected chi connectivity index (χ0v) is 23.6. The fourth-order valence-corrected chi connectivity index (χ4v) is 7.49. The van der Waals surface area contributed by atoms with Gasteiger partial charge in [0.2, 0.25) is 0 Å². The molecule has 194 valence electrons. The standard InChI is InChI=1S/C28H38N4O2S2/c1-5-6-12-31-25(30-16-18(2)13-19(3)17-30)22(20(4)23(15-29)26(31)33)14-24-27(34)32(28(35)36-24)21-10-8-7-9-11-21/h14,18-19,21H,5-13,16-17H2,1-4H3/b24-14-. The van der Waals surface area contributed by atoms with E-state index in [9.17, 15) is 14.9 Å². The second-order valence-corrected chi connectivity index (χ2v) is 12.5. The molecular weight excluding hydrogens is 488 g/mol. The minimum absolute atomic E-state index is 0.0348. The molecule has 0 N–H and O–H groups in total. The topological polar surface area (TPSA) is 69.3 Å². The van der Waals surface area contributed by atoms with Crippen LogP contribution in [0.3, 0.4) is 0 Å². The summed E-state index contributed by atoms with van der Waals surface area (Å²) >= 11 is 7.03. The first-order valence-corrected chi connectivity index (χ1v) is 14.7. The lowest BCUT2D eigenvalue weighted by Gasteiger charge is -2.39. The predicted octanol–water partition coefficient (Wildman–Crippen LogP) is 5.84. The summed E-state index contributed by atoms with van der Waals surface area (Å²) in [6.45, 7) is 10.7. The van der Waals surface area contributed by atoms with Crippen LogP contribution in [0.4, 0.5) is 5.82 Å². The molecule has 0 spiro atoms. The summed E-state index contributed by atoms with van der Waals surface area (Å²) in [5.41, 5.74) is 1.41. The number of unbranched alkanes of at least 4 members (excludes halogenated alkanes) is 1. The Hall–Kier alpha value is -2.11. The van der Waals surface area contributed by atoms with E-state index in [1.165, 1.54) is 18.2 Å². The highest BCUT2D eigenvalue weighted by Crippen LogP contribution is 2.40. The lowest BCUT2D eigenvalue weighted by molar-refractivity contribution is -0.124. The van der Waals surface area contributed by atoms with Gasteiger partial charge in [-0.05, 0) is 56.1 Å². The monoisotopic (exact) mass is 526 g/mol. The predicted molar refractivity (Wildman–Crippen MR) is 152 cm³/mol. The van der Waals surface area contributed by atoms with Crippen LogP contribution in [-0.2, 0) is 11.3 Å². The summed E-state index contributed by atoms with van der Waals surface area (Å²) in [5, 5.41) is 9.93. The highest BCUT2D eigenvalue weighted by atomic mass is 32.2. The van der Waals surface area contributed by atoms with Crippen molar-refractivity contribution in [2.24, 2.45) is 11.8 Å². The van der Waals surface area contributed by atoms with Crippen molar-refractivity contribution in [3.63, 3.8) is 0 Å². The third kappa shape index (κ3) is 5.28. The molecule has 3 heterocycles. The third-order valence-electron chi connectivity index (χ3n) is 7.79. The molecular formula is C28H38N4O2S2. The molecule has 1 aliphatic carbocycles. The zero-order chi connectivity index (χ0) is 26.0. The smallest absolute Gasteiger partial charge is 0.270 e. The fraction of sp³-hybridized carbons (Fsp3) is 0.643. The van der Waals surface area contributed by atoms with Gasteiger partial charge >= 0.3 is 0 Å². The van der Waals surface area contributed by atoms with Crippen molar-refractivity contribution < 1.29 is 4.79 Å². The van der Waals surface area contributed by atoms with E-state index in [4.69, 9.17) is 12.2 Å². The minimum Gasteiger partial charge on any atom is -0.357 e. The van der Waals surface area contributed by atoms with Crippen molar-refractivity contribution in [2.45, 2.75) is 91.6 Å². The highest BCUT2D eigenvalue weighted by Gasteiger charge is 2.38. The molecule has 8 heteroatoms. The molecule has 2 unspecified atom stereocenters. The van der Waals surface area contributed by atoms with E-state index < -0.39 is 0 Å². The Morgan fingerprint density at radius 1 is 1.14 bits per heavy atom. The van der Waals surface area contributed by atoms with Crippen LogP contribution in [-0.4, -0.2) is 38.8 Å². The van der Waals surface area contributed by atoms with Gasteiger partial charge in [-0.2, -0.15) is 5.26 Å². The Kier molecular flexibility index (Phi) is 8.62. The number of nitriles is 1. The first kappa shape index (κ1) is 26.9. The molecule has 1 amide bonds. The van der Waals surface area contributed by atoms with Crippen LogP contribution < -0.4 is 10.5 Å². The lowest BCUT2D eigenvalue weighted by Crippen LogP contribution is -2.43. The molecule has 3 fully saturated rings. The maximum Gasteiger partial charge on any atom is 0.270 e. The van der Waals surface area contributed by atoms with Gasteiger partial charge in [-0.25, -0.2) is 0 Å². The van der Waals surface area contributed by atoms with Gasteiger partial charge in [0.25, 0.3) is 11.5 Å². The Morgan fingerprint density at radius 2 is 1.81 bits per heavy atom. The molecule has 36 heavy (non-hydrogen) atoms. The van der Waals surface area contributed by atoms with Crippen molar-refractivity contribution >= 4 is 46.1 Å². The normalized spacial score (nSPS) is 24.6. The van der Waals surface area contributed by atoms with Crippen molar-refractivity contribution in [1.29, 1.82) is 5.26 Å². The average molecular weight is 527 g/mol. The van der Waals surface area contributed by atoms with Crippen LogP contribution in [0.1, 0.15) is 88.8 Å². The second-order valence-electron chi connectivity index (χ2n) is 10.9. The van der Waals surface area contributed by atoms with Gasteiger partial charge in [-0.3, -0.25) is 19.1 Å². The Morgan fingerprint density at radius 3 is 2.42 bits per heavy atom. The maximum atomic E-state index is 13.6. The molecule has 3 aliphatic rings. The van der Waals surface area contributed by atoms with E-state index in [0.717, 1.165) is 69.4 Å². The SMILES string of the molecule is CCCCn1c(N2CC(C)CC(C)C2)c(/C=C2\SC(=S)N(C3CCCCC3)C2=O)c(C)c(C#N)c1=O. The Labute approximate surface area is 224 Å². The van der Waals surface area contributed by atoms with E-state index in [0.29, 0.717) is 33.2 Å². The van der Waals surface area contributed by atoms with Crippen LogP contribution in [0.2, 0.25) is 0 Å². The number of anilines is 1. The number of nitrogens with zero attached hydrogens (tertiary/aromatic N) is 4. The van der Waals surface area contributed by atoms with E-state index >= 15 is 0 Å². The fourth-order valence-electron chi connectivity index (χ4n) is 6.11. The Balaban J connectivity index is 1.86. The molecule has 2 aliphatic heterocycles. The van der Waals surface area contributed by atoms with Gasteiger partial charge in [0.15, 0.2) is 0 Å². The van der Waals surface area contributed by atoms with Gasteiger partial charge in [0, 0.05) is 31.2 Å². The summed E-state index contributed by atoms with van der Waals surface area (Å²) in [4.78, 5) is 31.8. The molecule has 2 atom stereocenters. The highest BCUT2D eigenvalue weighted by molar-refractivity contribution is 8.26. The maximum absolute atomic E-state index is 13.6. The van der Waals surface area contributed by atoms with Crippen LogP contribution in [0, 0.1) is 30.1 Å². The number of carbonyl (C=O) groups is 1. The number of amides is 1. The lowest BCUT2D eigenvalue weighted by atomic mass is 9.91. The summed E-state index contributed by atoms with van der Waals surface area (Å²) in [7, 11) is 0. The quantitative estimate of drug-likeness (QED) is 0.342. The van der Waals surface area contributed by atoms with Crippen molar-refractivity contribution in [2.75, 3.05) is 18.0 Å². The number of hydrogen-bond donors (Lipinski definition) is 0.